The Morgan fingerprint density at radius 1 is 1.39 bits per heavy atom. The molecular weight excluding hydrogens is 250 g/mol. The summed E-state index contributed by atoms with van der Waals surface area (Å²) in [5.74, 6) is -0.0926. The molecule has 2 rings (SSSR count). The van der Waals surface area contributed by atoms with E-state index in [1.807, 2.05) is 12.3 Å². The summed E-state index contributed by atoms with van der Waals surface area (Å²) in [6, 6.07) is 6.55. The SMILES string of the molecule is Cc1ccc([N+](=O)[O-])c(CC(=O)c2ccsc2)c1. The summed E-state index contributed by atoms with van der Waals surface area (Å²) < 4.78 is 0. The van der Waals surface area contributed by atoms with Crippen molar-refractivity contribution in [1.82, 2.24) is 0 Å². The molecule has 2 aromatic rings. The zero-order valence-electron chi connectivity index (χ0n) is 9.75. The van der Waals surface area contributed by atoms with Gasteiger partial charge in [0.2, 0.25) is 0 Å². The van der Waals surface area contributed by atoms with Gasteiger partial charge >= 0.3 is 0 Å². The third kappa shape index (κ3) is 2.62. The first-order valence-electron chi connectivity index (χ1n) is 5.37. The van der Waals surface area contributed by atoms with Gasteiger partial charge in [-0.2, -0.15) is 11.3 Å². The van der Waals surface area contributed by atoms with Crippen LogP contribution in [0.15, 0.2) is 35.0 Å². The van der Waals surface area contributed by atoms with Crippen molar-refractivity contribution in [2.24, 2.45) is 0 Å². The van der Waals surface area contributed by atoms with Gasteiger partial charge in [0.05, 0.1) is 4.92 Å². The number of carbonyl (C=O) groups excluding carboxylic acids is 1. The van der Waals surface area contributed by atoms with Crippen LogP contribution in [0.4, 0.5) is 5.69 Å². The lowest BCUT2D eigenvalue weighted by Gasteiger charge is -2.03. The van der Waals surface area contributed by atoms with Crippen molar-refractivity contribution in [2.75, 3.05) is 0 Å². The van der Waals surface area contributed by atoms with E-state index in [4.69, 9.17) is 0 Å². The Kier molecular flexibility index (Phi) is 3.53. The van der Waals surface area contributed by atoms with Crippen molar-refractivity contribution in [3.05, 3.63) is 61.8 Å². The van der Waals surface area contributed by atoms with Crippen LogP contribution in [-0.4, -0.2) is 10.7 Å². The molecule has 1 aromatic carbocycles. The normalized spacial score (nSPS) is 10.3. The van der Waals surface area contributed by atoms with E-state index < -0.39 is 4.92 Å². The fraction of sp³-hybridized carbons (Fsp3) is 0.154. The van der Waals surface area contributed by atoms with Gasteiger partial charge in [-0.3, -0.25) is 14.9 Å². The summed E-state index contributed by atoms with van der Waals surface area (Å²) in [5.41, 5.74) is 1.99. The number of nitro benzene ring substituents is 1. The van der Waals surface area contributed by atoms with Crippen LogP contribution < -0.4 is 0 Å². The maximum absolute atomic E-state index is 11.9. The minimum Gasteiger partial charge on any atom is -0.294 e. The predicted octanol–water partition coefficient (Wildman–Crippen LogP) is 3.39. The minimum atomic E-state index is -0.449. The van der Waals surface area contributed by atoms with E-state index in [0.29, 0.717) is 11.1 Å². The number of Topliss-reactive ketones (excluding diaryl/α,β-unsaturated/α-hetero) is 1. The van der Waals surface area contributed by atoms with Crippen LogP contribution in [-0.2, 0) is 6.42 Å². The van der Waals surface area contributed by atoms with E-state index in [1.54, 1.807) is 23.6 Å². The number of carbonyl (C=O) groups is 1. The molecule has 5 heteroatoms. The third-order valence-electron chi connectivity index (χ3n) is 2.63. The average molecular weight is 261 g/mol. The first-order chi connectivity index (χ1) is 8.58. The molecule has 0 bridgehead atoms. The molecule has 0 aliphatic heterocycles. The smallest absolute Gasteiger partial charge is 0.273 e. The Hall–Kier alpha value is -2.01. The molecule has 4 nitrogen and oxygen atoms in total. The van der Waals surface area contributed by atoms with Crippen molar-refractivity contribution < 1.29 is 9.72 Å². The zero-order chi connectivity index (χ0) is 13.1. The molecule has 0 aliphatic rings. The minimum absolute atomic E-state index is 0.00387. The first-order valence-corrected chi connectivity index (χ1v) is 6.31. The van der Waals surface area contributed by atoms with Crippen LogP contribution in [0.1, 0.15) is 21.5 Å². The van der Waals surface area contributed by atoms with Crippen molar-refractivity contribution in [1.29, 1.82) is 0 Å². The molecule has 1 heterocycles. The largest absolute Gasteiger partial charge is 0.294 e. The number of nitro groups is 1. The molecule has 0 amide bonds. The number of aryl methyl sites for hydroxylation is 1. The number of benzene rings is 1. The second-order valence-electron chi connectivity index (χ2n) is 4.00. The van der Waals surface area contributed by atoms with Crippen LogP contribution in [0.2, 0.25) is 0 Å². The summed E-state index contributed by atoms with van der Waals surface area (Å²) in [5, 5.41) is 14.5. The van der Waals surface area contributed by atoms with Gasteiger partial charge in [0.25, 0.3) is 5.69 Å². The van der Waals surface area contributed by atoms with E-state index in [9.17, 15) is 14.9 Å². The fourth-order valence-electron chi connectivity index (χ4n) is 1.73. The predicted molar refractivity (Wildman–Crippen MR) is 70.2 cm³/mol. The molecule has 0 atom stereocenters. The van der Waals surface area contributed by atoms with Gasteiger partial charge in [0.15, 0.2) is 5.78 Å². The highest BCUT2D eigenvalue weighted by Crippen LogP contribution is 2.22. The lowest BCUT2D eigenvalue weighted by atomic mass is 10.0. The van der Waals surface area contributed by atoms with Crippen LogP contribution in [0.5, 0.6) is 0 Å². The summed E-state index contributed by atoms with van der Waals surface area (Å²) in [7, 11) is 0. The van der Waals surface area contributed by atoms with Gasteiger partial charge in [-0.15, -0.1) is 0 Å². The number of hydrogen-bond donors (Lipinski definition) is 0. The Balaban J connectivity index is 2.31. The van der Waals surface area contributed by atoms with Crippen molar-refractivity contribution in [3.63, 3.8) is 0 Å². The standard InChI is InChI=1S/C13H11NO3S/c1-9-2-3-12(14(16)17)11(6-9)7-13(15)10-4-5-18-8-10/h2-6,8H,7H2,1H3. The molecule has 0 radical (unpaired) electrons. The van der Waals surface area contributed by atoms with Crippen LogP contribution in [0.3, 0.4) is 0 Å². The monoisotopic (exact) mass is 261 g/mol. The Morgan fingerprint density at radius 2 is 2.17 bits per heavy atom. The molecule has 0 N–H and O–H groups in total. The van der Waals surface area contributed by atoms with Crippen molar-refractivity contribution in [2.45, 2.75) is 13.3 Å². The summed E-state index contributed by atoms with van der Waals surface area (Å²) in [4.78, 5) is 22.4. The van der Waals surface area contributed by atoms with E-state index in [2.05, 4.69) is 0 Å². The van der Waals surface area contributed by atoms with E-state index in [1.165, 1.54) is 17.4 Å². The highest BCUT2D eigenvalue weighted by atomic mass is 32.1. The highest BCUT2D eigenvalue weighted by Gasteiger charge is 2.17. The van der Waals surface area contributed by atoms with Gasteiger partial charge in [0, 0.05) is 29.0 Å². The van der Waals surface area contributed by atoms with Crippen LogP contribution in [0.25, 0.3) is 0 Å². The van der Waals surface area contributed by atoms with Gasteiger partial charge in [-0.1, -0.05) is 11.6 Å². The number of ketones is 1. The molecule has 0 saturated carbocycles. The number of nitrogens with zero attached hydrogens (tertiary/aromatic N) is 1. The Bertz CT molecular complexity index is 590. The van der Waals surface area contributed by atoms with Crippen LogP contribution in [0, 0.1) is 17.0 Å². The molecule has 0 spiro atoms. The van der Waals surface area contributed by atoms with Crippen molar-refractivity contribution >= 4 is 22.8 Å². The van der Waals surface area contributed by atoms with E-state index in [-0.39, 0.29) is 17.9 Å². The molecule has 0 aliphatic carbocycles. The van der Waals surface area contributed by atoms with Crippen molar-refractivity contribution in [3.8, 4) is 0 Å². The first kappa shape index (κ1) is 12.4. The van der Waals surface area contributed by atoms with Gasteiger partial charge in [-0.25, -0.2) is 0 Å². The van der Waals surface area contributed by atoms with E-state index in [0.717, 1.165) is 5.56 Å². The maximum atomic E-state index is 11.9. The quantitative estimate of drug-likeness (QED) is 0.481. The third-order valence-corrected chi connectivity index (χ3v) is 3.31. The summed E-state index contributed by atoms with van der Waals surface area (Å²) >= 11 is 1.44. The lowest BCUT2D eigenvalue weighted by molar-refractivity contribution is -0.385. The van der Waals surface area contributed by atoms with E-state index >= 15 is 0 Å². The lowest BCUT2D eigenvalue weighted by Crippen LogP contribution is -2.05. The molecule has 18 heavy (non-hydrogen) atoms. The molecule has 0 saturated heterocycles. The van der Waals surface area contributed by atoms with Crippen LogP contribution >= 0.6 is 11.3 Å². The number of rotatable bonds is 4. The molecule has 92 valence electrons. The number of hydrogen-bond acceptors (Lipinski definition) is 4. The highest BCUT2D eigenvalue weighted by molar-refractivity contribution is 7.08. The van der Waals surface area contributed by atoms with Gasteiger partial charge < -0.3 is 0 Å². The second-order valence-corrected chi connectivity index (χ2v) is 4.78. The molecule has 0 fully saturated rings. The summed E-state index contributed by atoms with van der Waals surface area (Å²) in [6.07, 6.45) is 0.0642. The second kappa shape index (κ2) is 5.10. The number of thiophene rings is 1. The van der Waals surface area contributed by atoms with Gasteiger partial charge in [-0.05, 0) is 24.4 Å². The van der Waals surface area contributed by atoms with Gasteiger partial charge in [0.1, 0.15) is 0 Å². The molecular formula is C13H11NO3S. The Morgan fingerprint density at radius 3 is 2.78 bits per heavy atom. The molecule has 0 unspecified atom stereocenters. The summed E-state index contributed by atoms with van der Waals surface area (Å²) in [6.45, 7) is 1.85. The zero-order valence-corrected chi connectivity index (χ0v) is 10.6. The Labute approximate surface area is 108 Å². The maximum Gasteiger partial charge on any atom is 0.273 e. The fourth-order valence-corrected chi connectivity index (χ4v) is 2.39. The molecule has 1 aromatic heterocycles. The topological polar surface area (TPSA) is 60.2 Å². The average Bonchev–Trinajstić information content (AvgIpc) is 2.81.